The van der Waals surface area contributed by atoms with Crippen molar-refractivity contribution in [3.05, 3.63) is 47.5 Å². The molecule has 0 saturated heterocycles. The molecule has 35 heavy (non-hydrogen) atoms. The number of nitrogens with one attached hydrogen (secondary N) is 1. The highest BCUT2D eigenvalue weighted by molar-refractivity contribution is 6.02. The molecule has 0 bridgehead atoms. The second kappa shape index (κ2) is 16.1. The minimum absolute atomic E-state index is 0.0288. The molecule has 1 heterocycles. The summed E-state index contributed by atoms with van der Waals surface area (Å²) in [7, 11) is 4.78. The van der Waals surface area contributed by atoms with Crippen molar-refractivity contribution in [3.8, 4) is 17.2 Å². The maximum atomic E-state index is 5.43. The number of hydrogen-bond acceptors (Lipinski definition) is 7. The van der Waals surface area contributed by atoms with Crippen LogP contribution in [-0.2, 0) is 6.54 Å². The van der Waals surface area contributed by atoms with Gasteiger partial charge in [-0.15, -0.1) is 0 Å². The second-order valence-corrected chi connectivity index (χ2v) is 7.12. The third-order valence-electron chi connectivity index (χ3n) is 4.84. The number of hydrogen-bond donors (Lipinski definition) is 1. The number of methoxy groups -OCH3 is 3. The van der Waals surface area contributed by atoms with Crippen molar-refractivity contribution < 1.29 is 14.2 Å². The van der Waals surface area contributed by atoms with E-state index in [4.69, 9.17) is 19.2 Å². The Morgan fingerprint density at radius 1 is 1.00 bits per heavy atom. The smallest absolute Gasteiger partial charge is 0.203 e. The zero-order valence-corrected chi connectivity index (χ0v) is 22.6. The van der Waals surface area contributed by atoms with E-state index >= 15 is 0 Å². The molecule has 0 saturated carbocycles. The van der Waals surface area contributed by atoms with Crippen LogP contribution < -0.4 is 24.5 Å². The molecule has 1 aliphatic heterocycles. The Morgan fingerprint density at radius 3 is 2.23 bits per heavy atom. The summed E-state index contributed by atoms with van der Waals surface area (Å²) in [5, 5.41) is 9.70. The first-order valence-corrected chi connectivity index (χ1v) is 12.0. The molecule has 8 heteroatoms. The first-order chi connectivity index (χ1) is 17.0. The molecule has 1 unspecified atom stereocenters. The number of anilines is 1. The largest absolute Gasteiger partial charge is 0.493 e. The van der Waals surface area contributed by atoms with Gasteiger partial charge in [0.15, 0.2) is 11.5 Å². The van der Waals surface area contributed by atoms with Gasteiger partial charge in [0.2, 0.25) is 5.75 Å². The Labute approximate surface area is 210 Å². The first kappa shape index (κ1) is 29.5. The maximum Gasteiger partial charge on any atom is 0.203 e. The van der Waals surface area contributed by atoms with E-state index in [0.717, 1.165) is 17.1 Å². The highest BCUT2D eigenvalue weighted by Crippen LogP contribution is 2.38. The average Bonchev–Trinajstić information content (AvgIpc) is 2.99. The number of rotatable bonds is 6. The first-order valence-electron chi connectivity index (χ1n) is 12.0. The van der Waals surface area contributed by atoms with Gasteiger partial charge in [-0.05, 0) is 42.3 Å². The number of hydrazone groups is 1. The fourth-order valence-corrected chi connectivity index (χ4v) is 3.18. The fraction of sp³-hybridized carbons (Fsp3) is 0.444. The summed E-state index contributed by atoms with van der Waals surface area (Å²) in [6, 6.07) is 12.0. The molecule has 2 aromatic rings. The van der Waals surface area contributed by atoms with Crippen molar-refractivity contribution >= 4 is 24.1 Å². The standard InChI is InChI=1S/C23H29N5O3.2C2H6/c1-16-7-6-8-19(9-16)28-15-24-14-26-23(17(2)12-27-28)25-13-18-10-20(29-3)22(31-5)21(11-18)30-4;2*1-2/h6-12,14,17H,13,15H2,1-5H3,(H,24,25,26);2*1-2H3/b27-12-;;. The van der Waals surface area contributed by atoms with Crippen LogP contribution in [0.2, 0.25) is 0 Å². The lowest BCUT2D eigenvalue weighted by molar-refractivity contribution is 0.324. The molecule has 1 atom stereocenters. The van der Waals surface area contributed by atoms with Gasteiger partial charge in [0.25, 0.3) is 0 Å². The number of nitrogens with zero attached hydrogens (tertiary/aromatic N) is 4. The van der Waals surface area contributed by atoms with Crippen molar-refractivity contribution in [2.45, 2.75) is 48.1 Å². The van der Waals surface area contributed by atoms with Crippen LogP contribution >= 0.6 is 0 Å². The van der Waals surface area contributed by atoms with E-state index in [1.807, 2.05) is 70.1 Å². The molecule has 8 nitrogen and oxygen atoms in total. The van der Waals surface area contributed by atoms with Crippen molar-refractivity contribution in [1.29, 1.82) is 0 Å². The summed E-state index contributed by atoms with van der Waals surface area (Å²) in [6.45, 7) is 13.0. The predicted molar refractivity (Wildman–Crippen MR) is 148 cm³/mol. The Balaban J connectivity index is 0.00000145. The van der Waals surface area contributed by atoms with Crippen molar-refractivity contribution in [2.75, 3.05) is 33.0 Å². The van der Waals surface area contributed by atoms with E-state index in [9.17, 15) is 0 Å². The van der Waals surface area contributed by atoms with Crippen LogP contribution in [-0.4, -0.2) is 46.4 Å². The normalized spacial score (nSPS) is 17.7. The van der Waals surface area contributed by atoms with Crippen LogP contribution in [0.3, 0.4) is 0 Å². The number of amidine groups is 1. The Bertz CT molecular complexity index is 964. The topological polar surface area (TPSA) is 80.0 Å². The molecule has 192 valence electrons. The van der Waals surface area contributed by atoms with Gasteiger partial charge in [-0.2, -0.15) is 5.10 Å². The molecule has 0 spiro atoms. The van der Waals surface area contributed by atoms with Crippen molar-refractivity contribution in [3.63, 3.8) is 0 Å². The summed E-state index contributed by atoms with van der Waals surface area (Å²) in [6.07, 6.45) is 3.54. The molecule has 0 aliphatic carbocycles. The summed E-state index contributed by atoms with van der Waals surface area (Å²) < 4.78 is 16.2. The third-order valence-corrected chi connectivity index (χ3v) is 4.84. The minimum Gasteiger partial charge on any atom is -0.493 e. The van der Waals surface area contributed by atoms with Crippen LogP contribution in [0.1, 0.15) is 45.7 Å². The van der Waals surface area contributed by atoms with Gasteiger partial charge >= 0.3 is 0 Å². The summed E-state index contributed by atoms with van der Waals surface area (Å²) in [5.41, 5.74) is 3.11. The van der Waals surface area contributed by atoms with E-state index in [0.29, 0.717) is 30.5 Å². The SMILES string of the molecule is CC.CC.COc1cc(CN=C2N/C=N\CN(c3cccc(C)c3)/N=C\C2C)cc(OC)c1OC. The second-order valence-electron chi connectivity index (χ2n) is 7.12. The van der Waals surface area contributed by atoms with Gasteiger partial charge in [-0.3, -0.25) is 9.98 Å². The van der Waals surface area contributed by atoms with Crippen molar-refractivity contribution in [2.24, 2.45) is 21.0 Å². The van der Waals surface area contributed by atoms with Crippen LogP contribution in [0.15, 0.2) is 51.5 Å². The van der Waals surface area contributed by atoms with E-state index in [2.05, 4.69) is 34.5 Å². The fourth-order valence-electron chi connectivity index (χ4n) is 3.18. The van der Waals surface area contributed by atoms with Gasteiger partial charge in [0, 0.05) is 6.21 Å². The number of ether oxygens (including phenoxy) is 3. The van der Waals surface area contributed by atoms with Crippen LogP contribution in [0, 0.1) is 12.8 Å². The molecule has 1 N–H and O–H groups in total. The molecule has 0 aromatic heterocycles. The zero-order chi connectivity index (χ0) is 26.2. The molecule has 0 fully saturated rings. The van der Waals surface area contributed by atoms with Crippen LogP contribution in [0.5, 0.6) is 17.2 Å². The lowest BCUT2D eigenvalue weighted by Crippen LogP contribution is -2.29. The Kier molecular flexibility index (Phi) is 13.6. The Morgan fingerprint density at radius 2 is 1.66 bits per heavy atom. The highest BCUT2D eigenvalue weighted by Gasteiger charge is 2.15. The number of aliphatic imine (C=N–C) groups is 2. The number of benzene rings is 2. The van der Waals surface area contributed by atoms with Gasteiger partial charge < -0.3 is 19.5 Å². The summed E-state index contributed by atoms with van der Waals surface area (Å²) in [4.78, 5) is 9.18. The van der Waals surface area contributed by atoms with Gasteiger partial charge in [-0.1, -0.05) is 46.8 Å². The van der Waals surface area contributed by atoms with E-state index < -0.39 is 0 Å². The van der Waals surface area contributed by atoms with Crippen LogP contribution in [0.25, 0.3) is 0 Å². The van der Waals surface area contributed by atoms with E-state index in [-0.39, 0.29) is 5.92 Å². The highest BCUT2D eigenvalue weighted by atomic mass is 16.5. The lowest BCUT2D eigenvalue weighted by atomic mass is 10.1. The van der Waals surface area contributed by atoms with Gasteiger partial charge in [0.1, 0.15) is 12.5 Å². The number of aryl methyl sites for hydroxylation is 1. The minimum atomic E-state index is -0.0288. The molecule has 0 amide bonds. The lowest BCUT2D eigenvalue weighted by Gasteiger charge is -2.17. The summed E-state index contributed by atoms with van der Waals surface area (Å²) >= 11 is 0. The van der Waals surface area contributed by atoms with Gasteiger partial charge in [-0.25, -0.2) is 5.01 Å². The molecular formula is C27H41N5O3. The maximum absolute atomic E-state index is 5.43. The molecule has 1 aliphatic rings. The molecule has 2 aromatic carbocycles. The quantitative estimate of drug-likeness (QED) is 0.571. The average molecular weight is 484 g/mol. The molecule has 0 radical (unpaired) electrons. The third kappa shape index (κ3) is 8.63. The van der Waals surface area contributed by atoms with Crippen LogP contribution in [0.4, 0.5) is 5.69 Å². The van der Waals surface area contributed by atoms with E-state index in [1.165, 1.54) is 5.56 Å². The molecule has 3 rings (SSSR count). The van der Waals surface area contributed by atoms with Gasteiger partial charge in [0.05, 0.1) is 45.8 Å². The predicted octanol–water partition coefficient (Wildman–Crippen LogP) is 5.69. The molecular weight excluding hydrogens is 442 g/mol. The monoisotopic (exact) mass is 483 g/mol. The zero-order valence-electron chi connectivity index (χ0n) is 22.6. The summed E-state index contributed by atoms with van der Waals surface area (Å²) in [5.74, 6) is 2.51. The van der Waals surface area contributed by atoms with Crippen molar-refractivity contribution in [1.82, 2.24) is 5.32 Å². The van der Waals surface area contributed by atoms with E-state index in [1.54, 1.807) is 27.7 Å². The Hall–Kier alpha value is -3.55.